The molecule has 0 N–H and O–H groups in total. The summed E-state index contributed by atoms with van der Waals surface area (Å²) in [6.07, 6.45) is 7.75. The molecule has 4 nitrogen and oxygen atoms in total. The van der Waals surface area contributed by atoms with Crippen LogP contribution < -0.4 is 0 Å². The summed E-state index contributed by atoms with van der Waals surface area (Å²) < 4.78 is 11.3. The third-order valence-corrected chi connectivity index (χ3v) is 12.2. The molecule has 0 radical (unpaired) electrons. The van der Waals surface area contributed by atoms with E-state index >= 15 is 0 Å². The maximum absolute atomic E-state index is 11.5. The summed E-state index contributed by atoms with van der Waals surface area (Å²) in [5, 5.41) is 0.221. The molecule has 0 saturated heterocycles. The molecule has 1 aliphatic carbocycles. The monoisotopic (exact) mass is 493 g/mol. The molecule has 0 fully saturated rings. The number of carbonyl (C=O) groups excluding carboxylic acids is 1. The Kier molecular flexibility index (Phi) is 9.51. The molecule has 0 amide bonds. The van der Waals surface area contributed by atoms with Crippen molar-refractivity contribution < 1.29 is 14.0 Å². The van der Waals surface area contributed by atoms with Gasteiger partial charge in [-0.05, 0) is 78.7 Å². The third kappa shape index (κ3) is 7.63. The molecule has 5 heteroatoms. The van der Waals surface area contributed by atoms with Crippen LogP contribution in [0.2, 0.25) is 18.1 Å². The van der Waals surface area contributed by atoms with Crippen LogP contribution in [0.1, 0.15) is 61.9 Å². The second-order valence-corrected chi connectivity index (χ2v) is 15.9. The molecule has 1 aliphatic rings. The minimum Gasteiger partial charge on any atom is -0.466 e. The number of fused-ring (bicyclic) bond motifs is 1. The lowest BCUT2D eigenvalue weighted by Crippen LogP contribution is -2.43. The summed E-state index contributed by atoms with van der Waals surface area (Å²) in [6, 6.07) is 17.8. The fourth-order valence-electron chi connectivity index (χ4n) is 4.52. The van der Waals surface area contributed by atoms with Gasteiger partial charge in [0.05, 0.1) is 7.11 Å². The van der Waals surface area contributed by atoms with Gasteiger partial charge >= 0.3 is 5.97 Å². The molecular weight excluding hydrogens is 450 g/mol. The minimum atomic E-state index is -1.77. The molecule has 0 aromatic heterocycles. The highest BCUT2D eigenvalue weighted by molar-refractivity contribution is 6.74. The zero-order valence-corrected chi connectivity index (χ0v) is 23.5. The number of aryl methyl sites for hydroxylation is 2. The molecule has 3 rings (SSSR count). The van der Waals surface area contributed by atoms with Crippen LogP contribution in [0, 0.1) is 0 Å². The van der Waals surface area contributed by atoms with E-state index in [0.717, 1.165) is 50.9 Å². The molecule has 2 aromatic rings. The van der Waals surface area contributed by atoms with Crippen LogP contribution in [0.5, 0.6) is 0 Å². The van der Waals surface area contributed by atoms with Gasteiger partial charge in [-0.1, -0.05) is 69.3 Å². The number of carbonyl (C=O) groups is 1. The normalized spacial score (nSPS) is 16.1. The Hall–Kier alpha value is -2.21. The number of methoxy groups -OCH3 is 1. The lowest BCUT2D eigenvalue weighted by Gasteiger charge is -2.37. The van der Waals surface area contributed by atoms with E-state index in [2.05, 4.69) is 87.3 Å². The maximum Gasteiger partial charge on any atom is 0.330 e. The van der Waals surface area contributed by atoms with Crippen molar-refractivity contribution in [2.45, 2.75) is 70.6 Å². The van der Waals surface area contributed by atoms with Crippen molar-refractivity contribution in [1.82, 2.24) is 4.90 Å². The van der Waals surface area contributed by atoms with Crippen molar-refractivity contribution in [3.05, 3.63) is 76.9 Å². The number of rotatable bonds is 11. The van der Waals surface area contributed by atoms with E-state index < -0.39 is 8.32 Å². The van der Waals surface area contributed by atoms with Gasteiger partial charge in [0, 0.05) is 25.3 Å². The quantitative estimate of drug-likeness (QED) is 0.196. The van der Waals surface area contributed by atoms with E-state index in [1.54, 1.807) is 0 Å². The zero-order chi connectivity index (χ0) is 25.5. The Morgan fingerprint density at radius 1 is 1.11 bits per heavy atom. The van der Waals surface area contributed by atoms with Crippen molar-refractivity contribution in [1.29, 1.82) is 0 Å². The number of hydrogen-bond acceptors (Lipinski definition) is 4. The van der Waals surface area contributed by atoms with E-state index in [-0.39, 0.29) is 11.0 Å². The lowest BCUT2D eigenvalue weighted by molar-refractivity contribution is -0.134. The van der Waals surface area contributed by atoms with Crippen LogP contribution in [-0.2, 0) is 26.8 Å². The van der Waals surface area contributed by atoms with Crippen LogP contribution >= 0.6 is 0 Å². The predicted molar refractivity (Wildman–Crippen MR) is 148 cm³/mol. The van der Waals surface area contributed by atoms with Gasteiger partial charge in [-0.15, -0.1) is 0 Å². The summed E-state index contributed by atoms with van der Waals surface area (Å²) in [4.78, 5) is 14.1. The molecule has 0 spiro atoms. The van der Waals surface area contributed by atoms with Crippen molar-refractivity contribution >= 4 is 20.4 Å². The number of nitrogens with zero attached hydrogens (tertiary/aromatic N) is 1. The highest BCUT2D eigenvalue weighted by atomic mass is 28.4. The fourth-order valence-corrected chi connectivity index (χ4v) is 5.55. The van der Waals surface area contributed by atoms with Crippen molar-refractivity contribution in [2.24, 2.45) is 0 Å². The number of benzene rings is 2. The van der Waals surface area contributed by atoms with Gasteiger partial charge in [-0.25, -0.2) is 4.79 Å². The fraction of sp³-hybridized carbons (Fsp3) is 0.500. The topological polar surface area (TPSA) is 38.8 Å². The Balaban J connectivity index is 1.71. The molecule has 35 heavy (non-hydrogen) atoms. The highest BCUT2D eigenvalue weighted by Crippen LogP contribution is 2.38. The largest absolute Gasteiger partial charge is 0.466 e. The Labute approximate surface area is 213 Å². The zero-order valence-electron chi connectivity index (χ0n) is 22.5. The van der Waals surface area contributed by atoms with E-state index in [0.29, 0.717) is 6.04 Å². The molecule has 0 saturated carbocycles. The van der Waals surface area contributed by atoms with Gasteiger partial charge in [-0.3, -0.25) is 4.90 Å². The maximum atomic E-state index is 11.5. The second kappa shape index (κ2) is 12.2. The van der Waals surface area contributed by atoms with Crippen LogP contribution in [0.15, 0.2) is 54.6 Å². The van der Waals surface area contributed by atoms with Gasteiger partial charge in [-0.2, -0.15) is 0 Å². The molecule has 1 atom stereocenters. The summed E-state index contributed by atoms with van der Waals surface area (Å²) in [5.74, 6) is -0.324. The Bertz CT molecular complexity index is 994. The number of hydrogen-bond donors (Lipinski definition) is 0. The third-order valence-electron chi connectivity index (χ3n) is 7.67. The summed E-state index contributed by atoms with van der Waals surface area (Å²) in [5.41, 5.74) is 5.26. The van der Waals surface area contributed by atoms with Gasteiger partial charge in [0.2, 0.25) is 0 Å². The first-order valence-electron chi connectivity index (χ1n) is 12.9. The van der Waals surface area contributed by atoms with Crippen LogP contribution in [0.25, 0.3) is 6.08 Å². The van der Waals surface area contributed by atoms with E-state index in [9.17, 15) is 4.79 Å². The van der Waals surface area contributed by atoms with E-state index in [4.69, 9.17) is 9.16 Å². The lowest BCUT2D eigenvalue weighted by atomic mass is 10.0. The van der Waals surface area contributed by atoms with Gasteiger partial charge < -0.3 is 9.16 Å². The first-order chi connectivity index (χ1) is 16.6. The van der Waals surface area contributed by atoms with Gasteiger partial charge in [0.15, 0.2) is 8.32 Å². The number of esters is 1. The smallest absolute Gasteiger partial charge is 0.330 e. The van der Waals surface area contributed by atoms with Gasteiger partial charge in [0.25, 0.3) is 0 Å². The van der Waals surface area contributed by atoms with Crippen molar-refractivity contribution in [3.63, 3.8) is 0 Å². The molecule has 0 aliphatic heterocycles. The van der Waals surface area contributed by atoms with Crippen LogP contribution in [0.4, 0.5) is 0 Å². The molecular formula is C30H43NO3Si. The average Bonchev–Trinajstić information content (AvgIpc) is 3.24. The summed E-state index contributed by atoms with van der Waals surface area (Å²) >= 11 is 0. The molecule has 0 heterocycles. The van der Waals surface area contributed by atoms with E-state index in [1.807, 2.05) is 6.08 Å². The van der Waals surface area contributed by atoms with Gasteiger partial charge in [0.1, 0.15) is 0 Å². The molecule has 2 aromatic carbocycles. The molecule has 1 unspecified atom stereocenters. The first-order valence-corrected chi connectivity index (χ1v) is 15.8. The van der Waals surface area contributed by atoms with Crippen LogP contribution in [-0.4, -0.2) is 46.0 Å². The Morgan fingerprint density at radius 2 is 1.86 bits per heavy atom. The Morgan fingerprint density at radius 3 is 2.54 bits per heavy atom. The van der Waals surface area contributed by atoms with E-state index in [1.165, 1.54) is 29.9 Å². The standard InChI is InChI=1S/C30H43NO3Si/c1-30(2,3)35(5,6)34-22-21-31(20-10-13-24-11-8-7-9-12-24)28-18-16-26-23-25(14-17-27(26)28)15-19-29(32)33-4/h7-9,11-12,14-15,17,19,23,28H,10,13,16,18,20-22H2,1-6H3. The number of ether oxygens (including phenoxy) is 1. The summed E-state index contributed by atoms with van der Waals surface area (Å²) in [6.45, 7) is 14.4. The average molecular weight is 494 g/mol. The molecule has 190 valence electrons. The van der Waals surface area contributed by atoms with Crippen LogP contribution in [0.3, 0.4) is 0 Å². The highest BCUT2D eigenvalue weighted by Gasteiger charge is 2.37. The van der Waals surface area contributed by atoms with Crippen molar-refractivity contribution in [2.75, 3.05) is 26.8 Å². The first kappa shape index (κ1) is 27.4. The summed E-state index contributed by atoms with van der Waals surface area (Å²) in [7, 11) is -0.364. The second-order valence-electron chi connectivity index (χ2n) is 11.1. The predicted octanol–water partition coefficient (Wildman–Crippen LogP) is 6.82. The minimum absolute atomic E-state index is 0.221. The van der Waals surface area contributed by atoms with Crippen molar-refractivity contribution in [3.8, 4) is 0 Å². The molecule has 0 bridgehead atoms. The SMILES string of the molecule is COC(=O)C=Cc1ccc2c(c1)CCC2N(CCCc1ccccc1)CCO[Si](C)(C)C(C)(C)C.